The maximum Gasteiger partial charge on any atom is 0.237 e. The van der Waals surface area contributed by atoms with Crippen molar-refractivity contribution in [2.75, 3.05) is 0 Å². The van der Waals surface area contributed by atoms with Crippen molar-refractivity contribution < 1.29 is 9.59 Å². The molecule has 2 atom stereocenters. The monoisotopic (exact) mass is 376 g/mol. The van der Waals surface area contributed by atoms with Gasteiger partial charge < -0.3 is 15.6 Å². The van der Waals surface area contributed by atoms with E-state index in [1.807, 2.05) is 52.0 Å². The molecule has 1 aromatic carbocycles. The fourth-order valence-electron chi connectivity index (χ4n) is 2.58. The lowest BCUT2D eigenvalue weighted by molar-refractivity contribution is -0.132. The summed E-state index contributed by atoms with van der Waals surface area (Å²) >= 11 is 1.29. The summed E-state index contributed by atoms with van der Waals surface area (Å²) in [6.45, 7) is 11.2. The number of rotatable bonds is 7. The fourth-order valence-corrected chi connectivity index (χ4v) is 3.72. The molecular weight excluding hydrogens is 348 g/mol. The third-order valence-corrected chi connectivity index (χ3v) is 5.55. The van der Waals surface area contributed by atoms with Crippen LogP contribution in [0.1, 0.15) is 41.5 Å². The average Bonchev–Trinajstić information content (AvgIpc) is 2.94. The summed E-state index contributed by atoms with van der Waals surface area (Å²) in [7, 11) is 0. The second-order valence-corrected chi connectivity index (χ2v) is 8.72. The number of carbonyl (C=O) groups excluding carboxylic acids is 2. The number of H-pyrrole nitrogens is 1. The Morgan fingerprint density at radius 2 is 1.69 bits per heavy atom. The van der Waals surface area contributed by atoms with E-state index in [1.54, 1.807) is 13.8 Å². The molecule has 0 spiro atoms. The molecule has 7 heteroatoms. The van der Waals surface area contributed by atoms with Crippen LogP contribution in [0.3, 0.4) is 0 Å². The van der Waals surface area contributed by atoms with Crippen molar-refractivity contribution in [1.82, 2.24) is 20.6 Å². The molecule has 26 heavy (non-hydrogen) atoms. The smallest absolute Gasteiger partial charge is 0.237 e. The number of para-hydroxylation sites is 2. The number of imidazole rings is 1. The molecule has 1 aromatic heterocycles. The van der Waals surface area contributed by atoms with Crippen molar-refractivity contribution in [2.45, 2.75) is 63.5 Å². The maximum atomic E-state index is 13.0. The zero-order valence-corrected chi connectivity index (χ0v) is 17.0. The van der Waals surface area contributed by atoms with Gasteiger partial charge in [0.05, 0.1) is 17.0 Å². The Labute approximate surface area is 158 Å². The Morgan fingerprint density at radius 1 is 1.08 bits per heavy atom. The molecule has 0 saturated heterocycles. The first-order valence-corrected chi connectivity index (χ1v) is 9.70. The van der Waals surface area contributed by atoms with E-state index < -0.39 is 10.7 Å². The van der Waals surface area contributed by atoms with E-state index in [9.17, 15) is 9.59 Å². The van der Waals surface area contributed by atoms with E-state index in [2.05, 4.69) is 20.6 Å². The molecule has 0 aliphatic rings. The van der Waals surface area contributed by atoms with E-state index in [-0.39, 0.29) is 23.9 Å². The summed E-state index contributed by atoms with van der Waals surface area (Å²) in [5, 5.41) is 6.47. The van der Waals surface area contributed by atoms with Crippen molar-refractivity contribution in [2.24, 2.45) is 5.92 Å². The van der Waals surface area contributed by atoms with Gasteiger partial charge in [-0.15, -0.1) is 0 Å². The van der Waals surface area contributed by atoms with Gasteiger partial charge in [0.1, 0.15) is 4.75 Å². The van der Waals surface area contributed by atoms with E-state index in [0.717, 1.165) is 11.0 Å². The molecule has 1 heterocycles. The first kappa shape index (κ1) is 20.3. The first-order chi connectivity index (χ1) is 12.1. The normalized spacial score (nSPS) is 15.1. The quantitative estimate of drug-likeness (QED) is 0.648. The number of hydrogen-bond acceptors (Lipinski definition) is 4. The predicted octanol–water partition coefficient (Wildman–Crippen LogP) is 3.10. The summed E-state index contributed by atoms with van der Waals surface area (Å²) in [4.78, 5) is 33.4. The van der Waals surface area contributed by atoms with Crippen molar-refractivity contribution >= 4 is 34.6 Å². The van der Waals surface area contributed by atoms with E-state index in [4.69, 9.17) is 0 Å². The highest BCUT2D eigenvalue weighted by atomic mass is 32.2. The minimum Gasteiger partial charge on any atom is -0.354 e. The molecule has 0 radical (unpaired) electrons. The van der Waals surface area contributed by atoms with Crippen LogP contribution in [-0.2, 0) is 9.59 Å². The van der Waals surface area contributed by atoms with Crippen molar-refractivity contribution in [1.29, 1.82) is 0 Å². The van der Waals surface area contributed by atoms with E-state index in [1.165, 1.54) is 11.8 Å². The van der Waals surface area contributed by atoms with Crippen LogP contribution < -0.4 is 10.6 Å². The number of amides is 2. The Hall–Kier alpha value is -2.02. The van der Waals surface area contributed by atoms with Gasteiger partial charge in [-0.1, -0.05) is 30.8 Å². The molecule has 0 saturated carbocycles. The molecule has 2 unspecified atom stereocenters. The van der Waals surface area contributed by atoms with Crippen LogP contribution in [0.2, 0.25) is 0 Å². The second-order valence-electron chi connectivity index (χ2n) is 7.28. The van der Waals surface area contributed by atoms with Crippen LogP contribution in [0, 0.1) is 5.92 Å². The maximum absolute atomic E-state index is 13.0. The van der Waals surface area contributed by atoms with Gasteiger partial charge in [0.2, 0.25) is 11.8 Å². The minimum atomic E-state index is -1.00. The lowest BCUT2D eigenvalue weighted by Crippen LogP contribution is -2.53. The third kappa shape index (κ3) is 4.58. The summed E-state index contributed by atoms with van der Waals surface area (Å²) < 4.78 is -1.00. The van der Waals surface area contributed by atoms with Gasteiger partial charge in [0, 0.05) is 12.1 Å². The van der Waals surface area contributed by atoms with E-state index in [0.29, 0.717) is 5.16 Å². The molecule has 6 nitrogen and oxygen atoms in total. The van der Waals surface area contributed by atoms with Gasteiger partial charge >= 0.3 is 0 Å². The summed E-state index contributed by atoms with van der Waals surface area (Å²) in [5.74, 6) is -0.865. The number of aromatic amines is 1. The Morgan fingerprint density at radius 3 is 2.27 bits per heavy atom. The highest BCUT2D eigenvalue weighted by Crippen LogP contribution is 2.38. The fraction of sp³-hybridized carbons (Fsp3) is 0.526. The Bertz CT molecular complexity index is 754. The largest absolute Gasteiger partial charge is 0.354 e. The lowest BCUT2D eigenvalue weighted by atomic mass is 9.92. The van der Waals surface area contributed by atoms with Crippen LogP contribution >= 0.6 is 11.8 Å². The standard InChI is InChI=1S/C19H28N4O2S/c1-11(2)20-16(24)13(5)19(6,17(25)21-12(3)4)26-18-22-14-9-7-8-10-15(14)23-18/h7-13H,1-6H3,(H,20,24)(H,21,25)(H,22,23). The van der Waals surface area contributed by atoms with Crippen LogP contribution in [-0.4, -0.2) is 38.6 Å². The molecular formula is C19H28N4O2S. The highest BCUT2D eigenvalue weighted by Gasteiger charge is 2.44. The topological polar surface area (TPSA) is 86.9 Å². The van der Waals surface area contributed by atoms with Gasteiger partial charge in [-0.2, -0.15) is 0 Å². The molecule has 142 valence electrons. The highest BCUT2D eigenvalue weighted by molar-refractivity contribution is 8.01. The zero-order valence-electron chi connectivity index (χ0n) is 16.2. The first-order valence-electron chi connectivity index (χ1n) is 8.88. The average molecular weight is 377 g/mol. The SMILES string of the molecule is CC(C)NC(=O)C(C)C(C)(Sc1nc2ccccc2[nH]1)C(=O)NC(C)C. The van der Waals surface area contributed by atoms with Gasteiger partial charge in [-0.25, -0.2) is 4.98 Å². The van der Waals surface area contributed by atoms with Crippen LogP contribution in [0.15, 0.2) is 29.4 Å². The van der Waals surface area contributed by atoms with Gasteiger partial charge in [-0.3, -0.25) is 9.59 Å². The number of thioether (sulfide) groups is 1. The molecule has 2 rings (SSSR count). The number of aromatic nitrogens is 2. The predicted molar refractivity (Wildman–Crippen MR) is 106 cm³/mol. The summed E-state index contributed by atoms with van der Waals surface area (Å²) in [5.41, 5.74) is 1.74. The molecule has 0 aliphatic heterocycles. The van der Waals surface area contributed by atoms with Crippen molar-refractivity contribution in [3.05, 3.63) is 24.3 Å². The van der Waals surface area contributed by atoms with Crippen LogP contribution in [0.25, 0.3) is 11.0 Å². The second kappa shape index (κ2) is 8.12. The summed E-state index contributed by atoms with van der Waals surface area (Å²) in [6, 6.07) is 7.69. The van der Waals surface area contributed by atoms with Gasteiger partial charge in [-0.05, 0) is 46.8 Å². The zero-order chi connectivity index (χ0) is 19.5. The van der Waals surface area contributed by atoms with Crippen molar-refractivity contribution in [3.63, 3.8) is 0 Å². The summed E-state index contributed by atoms with van der Waals surface area (Å²) in [6.07, 6.45) is 0. The lowest BCUT2D eigenvalue weighted by Gasteiger charge is -2.33. The Balaban J connectivity index is 2.35. The third-order valence-electron chi connectivity index (χ3n) is 4.20. The van der Waals surface area contributed by atoms with Crippen LogP contribution in [0.5, 0.6) is 0 Å². The van der Waals surface area contributed by atoms with Crippen molar-refractivity contribution in [3.8, 4) is 0 Å². The molecule has 2 amide bonds. The molecule has 0 aliphatic carbocycles. The molecule has 3 N–H and O–H groups in total. The Kier molecular flexibility index (Phi) is 6.34. The van der Waals surface area contributed by atoms with Gasteiger partial charge in [0.15, 0.2) is 5.16 Å². The molecule has 2 aromatic rings. The number of hydrogen-bond donors (Lipinski definition) is 3. The number of nitrogens with zero attached hydrogens (tertiary/aromatic N) is 1. The number of fused-ring (bicyclic) bond motifs is 1. The van der Waals surface area contributed by atoms with E-state index >= 15 is 0 Å². The number of nitrogens with one attached hydrogen (secondary N) is 3. The van der Waals surface area contributed by atoms with Crippen LogP contribution in [0.4, 0.5) is 0 Å². The number of carbonyl (C=O) groups is 2. The molecule has 0 bridgehead atoms. The van der Waals surface area contributed by atoms with Gasteiger partial charge in [0.25, 0.3) is 0 Å². The molecule has 0 fully saturated rings. The minimum absolute atomic E-state index is 0.0126. The number of benzene rings is 1.